The van der Waals surface area contributed by atoms with Crippen LogP contribution in [0.25, 0.3) is 10.1 Å². The van der Waals surface area contributed by atoms with Crippen LogP contribution in [-0.4, -0.2) is 42.8 Å². The molecule has 1 aliphatic heterocycles. The quantitative estimate of drug-likeness (QED) is 0.251. The molecule has 3 aromatic carbocycles. The second-order valence-corrected chi connectivity index (χ2v) is 12.2. The second-order valence-electron chi connectivity index (χ2n) is 11.2. The van der Waals surface area contributed by atoms with Crippen molar-refractivity contribution in [3.63, 3.8) is 0 Å². The molecule has 0 saturated carbocycles. The third-order valence-electron chi connectivity index (χ3n) is 8.17. The van der Waals surface area contributed by atoms with E-state index in [1.165, 1.54) is 11.3 Å². The van der Waals surface area contributed by atoms with Gasteiger partial charge in [-0.15, -0.1) is 11.3 Å². The van der Waals surface area contributed by atoms with Crippen LogP contribution in [0.4, 0.5) is 14.5 Å². The number of carbonyl (C=O) groups excluding carboxylic acids is 2. The van der Waals surface area contributed by atoms with Crippen molar-refractivity contribution in [2.75, 3.05) is 25.9 Å². The van der Waals surface area contributed by atoms with E-state index in [2.05, 4.69) is 10.2 Å². The first kappa shape index (κ1) is 28.2. The Morgan fingerprint density at radius 2 is 1.81 bits per heavy atom. The first-order chi connectivity index (χ1) is 20.0. The Kier molecular flexibility index (Phi) is 7.01. The lowest BCUT2D eigenvalue weighted by Gasteiger charge is -2.37. The maximum Gasteiger partial charge on any atom is 0.262 e. The number of Topliss-reactive ketones (excluding diaryl/α,β-unsaturated/α-hetero) is 1. The van der Waals surface area contributed by atoms with Gasteiger partial charge in [0.2, 0.25) is 0 Å². The van der Waals surface area contributed by atoms with Gasteiger partial charge in [0.15, 0.2) is 5.78 Å². The molecule has 0 radical (unpaired) electrons. The number of rotatable bonds is 5. The normalized spacial score (nSPS) is 22.4. The molecule has 1 aliphatic carbocycles. The number of nitrogens with two attached hydrogens (primary N) is 3. The molecular formula is C31H31F2N5O3S. The summed E-state index contributed by atoms with van der Waals surface area (Å²) >= 11 is 1.22. The number of carbonyl (C=O) groups is 2. The lowest BCUT2D eigenvalue weighted by Crippen LogP contribution is -2.53. The molecular weight excluding hydrogens is 560 g/mol. The molecule has 2 heterocycles. The Morgan fingerprint density at radius 3 is 2.50 bits per heavy atom. The molecule has 0 bridgehead atoms. The lowest BCUT2D eigenvalue weighted by molar-refractivity contribution is -0.124. The van der Waals surface area contributed by atoms with Gasteiger partial charge in [-0.1, -0.05) is 12.1 Å². The molecule has 0 spiro atoms. The molecule has 2 aliphatic rings. The topological polar surface area (TPSA) is 137 Å². The summed E-state index contributed by atoms with van der Waals surface area (Å²) in [6.07, 6.45) is 1.85. The molecule has 1 saturated heterocycles. The fourth-order valence-corrected chi connectivity index (χ4v) is 7.43. The molecule has 11 heteroatoms. The fraction of sp³-hybridized carbons (Fsp3) is 0.290. The van der Waals surface area contributed by atoms with Crippen LogP contribution in [0.5, 0.6) is 11.5 Å². The van der Waals surface area contributed by atoms with Gasteiger partial charge in [-0.2, -0.15) is 0 Å². The van der Waals surface area contributed by atoms with Crippen LogP contribution < -0.4 is 27.3 Å². The number of aryl methyl sites for hydroxylation is 1. The van der Waals surface area contributed by atoms with Crippen LogP contribution in [0.1, 0.15) is 50.8 Å². The molecule has 6 rings (SSSR count). The summed E-state index contributed by atoms with van der Waals surface area (Å²) in [4.78, 5) is 30.2. The summed E-state index contributed by atoms with van der Waals surface area (Å²) in [7, 11) is 2.02. The first-order valence-electron chi connectivity index (χ1n) is 13.7. The number of ketones is 1. The number of likely N-dealkylation sites (tertiary alicyclic amines) is 1. The highest BCUT2D eigenvalue weighted by molar-refractivity contribution is 7.21. The predicted molar refractivity (Wildman–Crippen MR) is 159 cm³/mol. The van der Waals surface area contributed by atoms with E-state index in [1.807, 2.05) is 7.05 Å². The number of hydrogen-bond donors (Lipinski definition) is 4. The number of halogens is 2. The highest BCUT2D eigenvalue weighted by Crippen LogP contribution is 2.50. The Labute approximate surface area is 245 Å². The summed E-state index contributed by atoms with van der Waals surface area (Å²) in [5, 5.41) is 3.75. The molecule has 3 atom stereocenters. The molecule has 4 aromatic rings. The van der Waals surface area contributed by atoms with E-state index in [0.717, 1.165) is 44.1 Å². The molecule has 1 fully saturated rings. The van der Waals surface area contributed by atoms with E-state index in [0.29, 0.717) is 48.7 Å². The van der Waals surface area contributed by atoms with Gasteiger partial charge in [-0.05, 0) is 68.2 Å². The van der Waals surface area contributed by atoms with E-state index in [1.54, 1.807) is 37.3 Å². The second kappa shape index (κ2) is 10.4. The zero-order chi connectivity index (χ0) is 29.9. The fourth-order valence-electron chi connectivity index (χ4n) is 6.23. The number of nitrogen functional groups attached to an aromatic ring is 1. The molecule has 42 heavy (non-hydrogen) atoms. The number of likely N-dealkylation sites (N-methyl/N-ethyl adjacent to an activating group) is 1. The van der Waals surface area contributed by atoms with Crippen LogP contribution in [0.15, 0.2) is 48.5 Å². The largest absolute Gasteiger partial charge is 0.457 e. The highest BCUT2D eigenvalue weighted by atomic mass is 32.1. The number of nitrogens with zero attached hydrogens (tertiary/aromatic N) is 1. The number of piperidine rings is 1. The standard InChI is InChI=1S/C31H31F2N5O3S/c1-15-10-19(41-20-12-16(32)11-17(33)13-20)5-6-21(15)31(36)22-7-8-23(34)27-24(22)25(26(35)29(31)39)28(42-27)30(40)37-18-4-3-9-38(2)14-18/h5-8,10-13,18,26H,3-4,9,14,34-36H2,1-2H3,(H,37,40). The van der Waals surface area contributed by atoms with Crippen molar-refractivity contribution in [2.45, 2.75) is 37.4 Å². The van der Waals surface area contributed by atoms with Crippen molar-refractivity contribution in [3.05, 3.63) is 87.3 Å². The number of anilines is 1. The third kappa shape index (κ3) is 4.62. The zero-order valence-corrected chi connectivity index (χ0v) is 24.0. The Hall–Kier alpha value is -3.90. The van der Waals surface area contributed by atoms with Gasteiger partial charge < -0.3 is 32.2 Å². The smallest absolute Gasteiger partial charge is 0.262 e. The minimum atomic E-state index is -1.65. The van der Waals surface area contributed by atoms with Crippen LogP contribution >= 0.6 is 11.3 Å². The summed E-state index contributed by atoms with van der Waals surface area (Å²) in [5.74, 6) is -1.97. The maximum absolute atomic E-state index is 14.1. The van der Waals surface area contributed by atoms with E-state index >= 15 is 0 Å². The molecule has 1 amide bonds. The number of amides is 1. The Morgan fingerprint density at radius 1 is 1.10 bits per heavy atom. The van der Waals surface area contributed by atoms with Gasteiger partial charge in [0.1, 0.15) is 28.7 Å². The minimum Gasteiger partial charge on any atom is -0.457 e. The maximum atomic E-state index is 14.1. The summed E-state index contributed by atoms with van der Waals surface area (Å²) in [5.41, 5.74) is 20.9. The lowest BCUT2D eigenvalue weighted by atomic mass is 9.69. The number of ether oxygens (including phenoxy) is 1. The van der Waals surface area contributed by atoms with Crippen molar-refractivity contribution < 1.29 is 23.1 Å². The number of nitrogens with one attached hydrogen (secondary N) is 1. The van der Waals surface area contributed by atoms with Gasteiger partial charge in [0.05, 0.1) is 15.6 Å². The summed E-state index contributed by atoms with van der Waals surface area (Å²) in [6.45, 7) is 3.48. The van der Waals surface area contributed by atoms with E-state index in [9.17, 15) is 18.4 Å². The average Bonchev–Trinajstić information content (AvgIpc) is 3.33. The Balaban J connectivity index is 1.42. The third-order valence-corrected chi connectivity index (χ3v) is 9.43. The van der Waals surface area contributed by atoms with Gasteiger partial charge in [-0.25, -0.2) is 8.78 Å². The molecule has 218 valence electrons. The minimum absolute atomic E-state index is 0.00767. The summed E-state index contributed by atoms with van der Waals surface area (Å²) in [6, 6.07) is 10.00. The van der Waals surface area contributed by atoms with Crippen molar-refractivity contribution in [1.82, 2.24) is 10.2 Å². The van der Waals surface area contributed by atoms with E-state index in [4.69, 9.17) is 21.9 Å². The molecule has 1 aromatic heterocycles. The average molecular weight is 592 g/mol. The van der Waals surface area contributed by atoms with Gasteiger partial charge in [0, 0.05) is 47.4 Å². The van der Waals surface area contributed by atoms with Crippen molar-refractivity contribution in [1.29, 1.82) is 0 Å². The van der Waals surface area contributed by atoms with E-state index < -0.39 is 29.0 Å². The van der Waals surface area contributed by atoms with Gasteiger partial charge >= 0.3 is 0 Å². The number of benzene rings is 3. The van der Waals surface area contributed by atoms with E-state index in [-0.39, 0.29) is 17.7 Å². The van der Waals surface area contributed by atoms with Crippen molar-refractivity contribution in [3.8, 4) is 11.5 Å². The first-order valence-corrected chi connectivity index (χ1v) is 14.5. The Bertz CT molecular complexity index is 1740. The SMILES string of the molecule is Cc1cc(Oc2cc(F)cc(F)c2)ccc1C1(N)C(=O)C(N)c2c(C(=O)NC3CCCN(C)C3)sc3c(N)ccc1c23. The van der Waals surface area contributed by atoms with Crippen molar-refractivity contribution in [2.24, 2.45) is 11.5 Å². The van der Waals surface area contributed by atoms with Crippen LogP contribution in [0, 0.1) is 18.6 Å². The summed E-state index contributed by atoms with van der Waals surface area (Å²) < 4.78 is 33.7. The predicted octanol–water partition coefficient (Wildman–Crippen LogP) is 4.47. The molecule has 8 nitrogen and oxygen atoms in total. The van der Waals surface area contributed by atoms with Crippen molar-refractivity contribution >= 4 is 38.8 Å². The van der Waals surface area contributed by atoms with Crippen LogP contribution in [0.3, 0.4) is 0 Å². The molecule has 7 N–H and O–H groups in total. The van der Waals surface area contributed by atoms with Gasteiger partial charge in [0.25, 0.3) is 5.91 Å². The van der Waals surface area contributed by atoms with Crippen LogP contribution in [-0.2, 0) is 10.3 Å². The monoisotopic (exact) mass is 591 g/mol. The highest BCUT2D eigenvalue weighted by Gasteiger charge is 2.49. The number of hydrogen-bond acceptors (Lipinski definition) is 8. The zero-order valence-electron chi connectivity index (χ0n) is 23.2. The van der Waals surface area contributed by atoms with Gasteiger partial charge in [-0.3, -0.25) is 9.59 Å². The van der Waals surface area contributed by atoms with Crippen LogP contribution in [0.2, 0.25) is 0 Å². The number of thiophene rings is 1. The molecule has 3 unspecified atom stereocenters.